The summed E-state index contributed by atoms with van der Waals surface area (Å²) in [5.41, 5.74) is 3.77. The fourth-order valence-electron chi connectivity index (χ4n) is 2.55. The van der Waals surface area contributed by atoms with E-state index in [0.29, 0.717) is 0 Å². The van der Waals surface area contributed by atoms with Crippen LogP contribution in [0.1, 0.15) is 35.6 Å². The molecule has 0 radical (unpaired) electrons. The molecule has 0 bridgehead atoms. The highest BCUT2D eigenvalue weighted by Crippen LogP contribution is 2.32. The van der Waals surface area contributed by atoms with Crippen molar-refractivity contribution >= 4 is 5.97 Å². The van der Waals surface area contributed by atoms with Crippen LogP contribution in [0.3, 0.4) is 0 Å². The SMILES string of the molecule is Cc1ccc([C@H]2NCC[C@@H]2CC(=O)O)cc1C. The van der Waals surface area contributed by atoms with Crippen LogP contribution in [0.4, 0.5) is 0 Å². The summed E-state index contributed by atoms with van der Waals surface area (Å²) in [5.74, 6) is -0.484. The molecule has 2 rings (SSSR count). The van der Waals surface area contributed by atoms with E-state index in [0.717, 1.165) is 13.0 Å². The molecule has 0 aliphatic carbocycles. The number of rotatable bonds is 3. The van der Waals surface area contributed by atoms with Gasteiger partial charge in [0.1, 0.15) is 0 Å². The summed E-state index contributed by atoms with van der Waals surface area (Å²) in [6, 6.07) is 6.60. The van der Waals surface area contributed by atoms with Crippen molar-refractivity contribution in [1.29, 1.82) is 0 Å². The van der Waals surface area contributed by atoms with Crippen molar-refractivity contribution in [2.75, 3.05) is 6.54 Å². The lowest BCUT2D eigenvalue weighted by atomic mass is 9.90. The van der Waals surface area contributed by atoms with Gasteiger partial charge in [-0.15, -0.1) is 0 Å². The molecule has 1 heterocycles. The van der Waals surface area contributed by atoms with E-state index in [1.165, 1.54) is 16.7 Å². The first kappa shape index (κ1) is 12.1. The van der Waals surface area contributed by atoms with Gasteiger partial charge in [-0.2, -0.15) is 0 Å². The number of hydrogen-bond donors (Lipinski definition) is 2. The second kappa shape index (κ2) is 4.88. The van der Waals surface area contributed by atoms with Crippen molar-refractivity contribution in [3.63, 3.8) is 0 Å². The van der Waals surface area contributed by atoms with Gasteiger partial charge >= 0.3 is 5.97 Å². The number of aliphatic carboxylic acids is 1. The monoisotopic (exact) mass is 233 g/mol. The van der Waals surface area contributed by atoms with E-state index in [-0.39, 0.29) is 18.4 Å². The van der Waals surface area contributed by atoms with Crippen LogP contribution >= 0.6 is 0 Å². The summed E-state index contributed by atoms with van der Waals surface area (Å²) in [4.78, 5) is 10.8. The van der Waals surface area contributed by atoms with Crippen LogP contribution < -0.4 is 5.32 Å². The van der Waals surface area contributed by atoms with E-state index in [1.807, 2.05) is 0 Å². The first-order valence-electron chi connectivity index (χ1n) is 6.10. The van der Waals surface area contributed by atoms with E-state index in [1.54, 1.807) is 0 Å². The number of benzene rings is 1. The molecule has 1 aliphatic heterocycles. The Kier molecular flexibility index (Phi) is 3.48. The van der Waals surface area contributed by atoms with Crippen LogP contribution in [0, 0.1) is 19.8 Å². The van der Waals surface area contributed by atoms with E-state index in [2.05, 4.69) is 37.4 Å². The van der Waals surface area contributed by atoms with Gasteiger partial charge in [0.2, 0.25) is 0 Å². The van der Waals surface area contributed by atoms with Gasteiger partial charge in [0.05, 0.1) is 6.42 Å². The first-order valence-corrected chi connectivity index (χ1v) is 6.10. The summed E-state index contributed by atoms with van der Waals surface area (Å²) in [6.07, 6.45) is 1.20. The van der Waals surface area contributed by atoms with Gasteiger partial charge in [-0.05, 0) is 49.4 Å². The predicted octanol–water partition coefficient (Wildman–Crippen LogP) is 2.43. The molecule has 1 aliphatic rings. The zero-order valence-corrected chi connectivity index (χ0v) is 10.4. The number of hydrogen-bond acceptors (Lipinski definition) is 2. The fourth-order valence-corrected chi connectivity index (χ4v) is 2.55. The average molecular weight is 233 g/mol. The molecule has 2 atom stereocenters. The van der Waals surface area contributed by atoms with Gasteiger partial charge in [0, 0.05) is 6.04 Å². The Morgan fingerprint density at radius 2 is 2.18 bits per heavy atom. The van der Waals surface area contributed by atoms with Gasteiger partial charge in [-0.3, -0.25) is 4.79 Å². The number of aryl methyl sites for hydroxylation is 2. The molecular weight excluding hydrogens is 214 g/mol. The molecule has 1 aromatic carbocycles. The maximum Gasteiger partial charge on any atom is 0.303 e. The second-order valence-corrected chi connectivity index (χ2v) is 4.92. The molecule has 0 unspecified atom stereocenters. The highest BCUT2D eigenvalue weighted by atomic mass is 16.4. The van der Waals surface area contributed by atoms with Crippen LogP contribution in [0.5, 0.6) is 0 Å². The van der Waals surface area contributed by atoms with Gasteiger partial charge in [0.15, 0.2) is 0 Å². The lowest BCUT2D eigenvalue weighted by molar-refractivity contribution is -0.138. The first-order chi connectivity index (χ1) is 8.08. The van der Waals surface area contributed by atoms with Gasteiger partial charge in [-0.1, -0.05) is 18.2 Å². The standard InChI is InChI=1S/C14H19NO2/c1-9-3-4-11(7-10(9)2)14-12(5-6-15-14)8-13(16)17/h3-4,7,12,14-15H,5-6,8H2,1-2H3,(H,16,17)/t12-,14-/m1/s1. The minimum absolute atomic E-state index is 0.199. The van der Waals surface area contributed by atoms with Crippen molar-refractivity contribution in [3.05, 3.63) is 34.9 Å². The van der Waals surface area contributed by atoms with Gasteiger partial charge < -0.3 is 10.4 Å². The molecule has 0 amide bonds. The average Bonchev–Trinajstić information content (AvgIpc) is 2.69. The molecule has 1 fully saturated rings. The number of carboxylic acids is 1. The van der Waals surface area contributed by atoms with Gasteiger partial charge in [0.25, 0.3) is 0 Å². The maximum absolute atomic E-state index is 10.8. The predicted molar refractivity (Wildman–Crippen MR) is 67.0 cm³/mol. The molecule has 2 N–H and O–H groups in total. The van der Waals surface area contributed by atoms with Crippen molar-refractivity contribution in [2.24, 2.45) is 5.92 Å². The lowest BCUT2D eigenvalue weighted by Gasteiger charge is -2.19. The van der Waals surface area contributed by atoms with Crippen LogP contribution in [0.15, 0.2) is 18.2 Å². The largest absolute Gasteiger partial charge is 0.481 e. The number of carbonyl (C=O) groups is 1. The molecule has 0 spiro atoms. The van der Waals surface area contributed by atoms with Crippen LogP contribution in [0.2, 0.25) is 0 Å². The van der Waals surface area contributed by atoms with E-state index < -0.39 is 5.97 Å². The Hall–Kier alpha value is -1.35. The van der Waals surface area contributed by atoms with E-state index >= 15 is 0 Å². The smallest absolute Gasteiger partial charge is 0.303 e. The molecular formula is C14H19NO2. The summed E-state index contributed by atoms with van der Waals surface area (Å²) < 4.78 is 0. The minimum Gasteiger partial charge on any atom is -0.481 e. The van der Waals surface area contributed by atoms with Crippen LogP contribution in [0.25, 0.3) is 0 Å². The zero-order chi connectivity index (χ0) is 12.4. The second-order valence-electron chi connectivity index (χ2n) is 4.92. The topological polar surface area (TPSA) is 49.3 Å². The molecule has 1 saturated heterocycles. The Morgan fingerprint density at radius 1 is 1.41 bits per heavy atom. The van der Waals surface area contributed by atoms with E-state index in [4.69, 9.17) is 5.11 Å². The zero-order valence-electron chi connectivity index (χ0n) is 10.4. The summed E-state index contributed by atoms with van der Waals surface area (Å²) >= 11 is 0. The Bertz CT molecular complexity index is 428. The third kappa shape index (κ3) is 2.67. The van der Waals surface area contributed by atoms with Crippen molar-refractivity contribution in [2.45, 2.75) is 32.7 Å². The van der Waals surface area contributed by atoms with Crippen molar-refractivity contribution < 1.29 is 9.90 Å². The molecule has 1 aromatic rings. The molecule has 17 heavy (non-hydrogen) atoms. The Labute approximate surface area is 102 Å². The number of nitrogens with one attached hydrogen (secondary N) is 1. The summed E-state index contributed by atoms with van der Waals surface area (Å²) in [7, 11) is 0. The molecule has 3 heteroatoms. The molecule has 3 nitrogen and oxygen atoms in total. The Balaban J connectivity index is 2.20. The molecule has 0 saturated carbocycles. The highest BCUT2D eigenvalue weighted by molar-refractivity contribution is 5.67. The maximum atomic E-state index is 10.8. The van der Waals surface area contributed by atoms with Crippen molar-refractivity contribution in [1.82, 2.24) is 5.32 Å². The quantitative estimate of drug-likeness (QED) is 0.843. The summed E-state index contributed by atoms with van der Waals surface area (Å²) in [6.45, 7) is 5.10. The minimum atomic E-state index is -0.701. The van der Waals surface area contributed by atoms with Crippen LogP contribution in [-0.4, -0.2) is 17.6 Å². The third-order valence-electron chi connectivity index (χ3n) is 3.68. The van der Waals surface area contributed by atoms with Crippen molar-refractivity contribution in [3.8, 4) is 0 Å². The number of carboxylic acid groups (broad SMARTS) is 1. The third-order valence-corrected chi connectivity index (χ3v) is 3.68. The van der Waals surface area contributed by atoms with Crippen LogP contribution in [-0.2, 0) is 4.79 Å². The van der Waals surface area contributed by atoms with E-state index in [9.17, 15) is 4.79 Å². The molecule has 92 valence electrons. The highest BCUT2D eigenvalue weighted by Gasteiger charge is 2.29. The molecule has 0 aromatic heterocycles. The summed E-state index contributed by atoms with van der Waals surface area (Å²) in [5, 5.41) is 12.3. The normalized spacial score (nSPS) is 23.9. The fraction of sp³-hybridized carbons (Fsp3) is 0.500. The van der Waals surface area contributed by atoms with Gasteiger partial charge in [-0.25, -0.2) is 0 Å². The Morgan fingerprint density at radius 3 is 2.82 bits per heavy atom. The lowest BCUT2D eigenvalue weighted by Crippen LogP contribution is -2.20.